The summed E-state index contributed by atoms with van der Waals surface area (Å²) in [6.07, 6.45) is 2.19. The van der Waals surface area contributed by atoms with Crippen molar-refractivity contribution in [3.63, 3.8) is 0 Å². The van der Waals surface area contributed by atoms with Crippen LogP contribution in [0, 0.1) is 11.8 Å². The van der Waals surface area contributed by atoms with Gasteiger partial charge in [-0.05, 0) is 19.8 Å². The van der Waals surface area contributed by atoms with Crippen molar-refractivity contribution >= 4 is 11.8 Å². The van der Waals surface area contributed by atoms with Crippen molar-refractivity contribution in [2.75, 3.05) is 6.54 Å². The first-order valence-electron chi connectivity index (χ1n) is 6.16. The molecule has 1 saturated heterocycles. The van der Waals surface area contributed by atoms with E-state index in [9.17, 15) is 9.59 Å². The zero-order chi connectivity index (χ0) is 12.8. The molecule has 0 radical (unpaired) electrons. The highest BCUT2D eigenvalue weighted by atomic mass is 16.2. The smallest absolute Gasteiger partial charge is 0.246 e. The second-order valence-electron chi connectivity index (χ2n) is 4.17. The van der Waals surface area contributed by atoms with Gasteiger partial charge in [0.25, 0.3) is 0 Å². The summed E-state index contributed by atoms with van der Waals surface area (Å²) in [4.78, 5) is 25.7. The minimum absolute atomic E-state index is 0.000972. The molecule has 1 heterocycles. The Morgan fingerprint density at radius 3 is 2.59 bits per heavy atom. The van der Waals surface area contributed by atoms with Gasteiger partial charge in [-0.25, -0.2) is 0 Å². The Hall–Kier alpha value is -1.50. The van der Waals surface area contributed by atoms with Crippen LogP contribution < -0.4 is 5.32 Å². The van der Waals surface area contributed by atoms with Crippen molar-refractivity contribution in [3.05, 3.63) is 0 Å². The Morgan fingerprint density at radius 2 is 2.06 bits per heavy atom. The molecule has 94 valence electrons. The van der Waals surface area contributed by atoms with Crippen molar-refractivity contribution in [3.8, 4) is 11.8 Å². The number of amides is 2. The van der Waals surface area contributed by atoms with Crippen molar-refractivity contribution in [2.24, 2.45) is 0 Å². The number of nitrogens with one attached hydrogen (secondary N) is 1. The fourth-order valence-corrected chi connectivity index (χ4v) is 2.07. The number of piperazine rings is 1. The number of hydrogen-bond acceptors (Lipinski definition) is 2. The number of nitrogens with zero attached hydrogens (tertiary/aromatic N) is 1. The summed E-state index contributed by atoms with van der Waals surface area (Å²) in [5.74, 6) is 5.59. The summed E-state index contributed by atoms with van der Waals surface area (Å²) in [6, 6.07) is -0.731. The van der Waals surface area contributed by atoms with Crippen LogP contribution in [0.15, 0.2) is 0 Å². The minimum Gasteiger partial charge on any atom is -0.343 e. The third-order valence-corrected chi connectivity index (χ3v) is 2.97. The molecule has 1 fully saturated rings. The first-order chi connectivity index (χ1) is 8.15. The zero-order valence-electron chi connectivity index (χ0n) is 10.7. The Labute approximate surface area is 103 Å². The van der Waals surface area contributed by atoms with Crippen LogP contribution in [0.1, 0.15) is 40.0 Å². The molecule has 0 aromatic carbocycles. The van der Waals surface area contributed by atoms with E-state index in [1.165, 1.54) is 0 Å². The van der Waals surface area contributed by atoms with E-state index in [0.717, 1.165) is 6.42 Å². The van der Waals surface area contributed by atoms with E-state index in [4.69, 9.17) is 0 Å². The molecule has 4 nitrogen and oxygen atoms in total. The first-order valence-corrected chi connectivity index (χ1v) is 6.16. The highest BCUT2D eigenvalue weighted by molar-refractivity contribution is 5.97. The van der Waals surface area contributed by atoms with Gasteiger partial charge < -0.3 is 10.2 Å². The molecule has 1 aliphatic rings. The summed E-state index contributed by atoms with van der Waals surface area (Å²) in [6.45, 7) is 5.99. The van der Waals surface area contributed by atoms with Crippen LogP contribution in [-0.2, 0) is 9.59 Å². The number of rotatable bonds is 4. The Balaban J connectivity index is 2.86. The summed E-state index contributed by atoms with van der Waals surface area (Å²) in [5, 5.41) is 2.80. The van der Waals surface area contributed by atoms with Gasteiger partial charge in [0.1, 0.15) is 12.1 Å². The van der Waals surface area contributed by atoms with Crippen LogP contribution in [0.4, 0.5) is 0 Å². The van der Waals surface area contributed by atoms with E-state index in [-0.39, 0.29) is 23.9 Å². The van der Waals surface area contributed by atoms with Crippen LogP contribution in [0.2, 0.25) is 0 Å². The molecule has 0 aromatic heterocycles. The van der Waals surface area contributed by atoms with Gasteiger partial charge in [-0.15, -0.1) is 5.92 Å². The lowest BCUT2D eigenvalue weighted by molar-refractivity contribution is -0.148. The van der Waals surface area contributed by atoms with Gasteiger partial charge in [-0.2, -0.15) is 0 Å². The predicted molar refractivity (Wildman–Crippen MR) is 66.1 cm³/mol. The van der Waals surface area contributed by atoms with Crippen LogP contribution in [-0.4, -0.2) is 35.3 Å². The number of carbonyl (C=O) groups is 2. The van der Waals surface area contributed by atoms with Gasteiger partial charge in [0.15, 0.2) is 0 Å². The summed E-state index contributed by atoms with van der Waals surface area (Å²) in [5.41, 5.74) is 0. The molecule has 1 N–H and O–H groups in total. The van der Waals surface area contributed by atoms with E-state index in [2.05, 4.69) is 17.2 Å². The molecule has 17 heavy (non-hydrogen) atoms. The Kier molecular flexibility index (Phi) is 5.02. The lowest BCUT2D eigenvalue weighted by atomic mass is 10.0. The third kappa shape index (κ3) is 3.00. The number of hydrogen-bond donors (Lipinski definition) is 1. The monoisotopic (exact) mass is 236 g/mol. The molecule has 1 aliphatic heterocycles. The minimum atomic E-state index is -0.367. The molecule has 0 spiro atoms. The highest BCUT2D eigenvalue weighted by Gasteiger charge is 2.38. The fraction of sp³-hybridized carbons (Fsp3) is 0.692. The van der Waals surface area contributed by atoms with E-state index in [1.54, 1.807) is 11.8 Å². The van der Waals surface area contributed by atoms with Crippen LogP contribution in [0.25, 0.3) is 0 Å². The van der Waals surface area contributed by atoms with Gasteiger partial charge in [0.2, 0.25) is 11.8 Å². The van der Waals surface area contributed by atoms with Crippen molar-refractivity contribution in [2.45, 2.75) is 52.1 Å². The molecule has 0 saturated carbocycles. The normalized spacial score (nSPS) is 24.1. The molecule has 0 aromatic rings. The highest BCUT2D eigenvalue weighted by Crippen LogP contribution is 2.15. The maximum absolute atomic E-state index is 12.2. The molecular formula is C13H20N2O2. The fourth-order valence-electron chi connectivity index (χ4n) is 2.07. The van der Waals surface area contributed by atoms with E-state index in [1.807, 2.05) is 13.8 Å². The van der Waals surface area contributed by atoms with Crippen molar-refractivity contribution in [1.29, 1.82) is 0 Å². The third-order valence-electron chi connectivity index (χ3n) is 2.97. The SMILES string of the molecule is CC#CCN1C(=O)C(CCC)NC(=O)C1CC. The standard InChI is InChI=1S/C13H20N2O2/c1-4-7-9-15-11(6-3)12(16)14-10(8-5-2)13(15)17/h10-11H,5-6,8-9H2,1-3H3,(H,14,16). The molecule has 0 bridgehead atoms. The van der Waals surface area contributed by atoms with Gasteiger partial charge in [0.05, 0.1) is 6.54 Å². The Bertz CT molecular complexity index is 354. The van der Waals surface area contributed by atoms with Crippen LogP contribution in [0.3, 0.4) is 0 Å². The predicted octanol–water partition coefficient (Wildman–Crippen LogP) is 0.915. The lowest BCUT2D eigenvalue weighted by Crippen LogP contribution is -2.63. The van der Waals surface area contributed by atoms with Gasteiger partial charge in [-0.1, -0.05) is 26.2 Å². The van der Waals surface area contributed by atoms with E-state index >= 15 is 0 Å². The average molecular weight is 236 g/mol. The second kappa shape index (κ2) is 6.29. The molecular weight excluding hydrogens is 216 g/mol. The van der Waals surface area contributed by atoms with Crippen molar-refractivity contribution in [1.82, 2.24) is 10.2 Å². The quantitative estimate of drug-likeness (QED) is 0.738. The summed E-state index contributed by atoms with van der Waals surface area (Å²) < 4.78 is 0. The summed E-state index contributed by atoms with van der Waals surface area (Å²) >= 11 is 0. The zero-order valence-corrected chi connectivity index (χ0v) is 10.7. The van der Waals surface area contributed by atoms with Gasteiger partial charge in [0, 0.05) is 0 Å². The second-order valence-corrected chi connectivity index (χ2v) is 4.17. The molecule has 2 unspecified atom stereocenters. The Morgan fingerprint density at radius 1 is 1.35 bits per heavy atom. The van der Waals surface area contributed by atoms with Crippen molar-refractivity contribution < 1.29 is 9.59 Å². The molecule has 0 aliphatic carbocycles. The molecule has 4 heteroatoms. The maximum Gasteiger partial charge on any atom is 0.246 e. The van der Waals surface area contributed by atoms with Crippen LogP contribution >= 0.6 is 0 Å². The maximum atomic E-state index is 12.2. The first kappa shape index (κ1) is 13.6. The van der Waals surface area contributed by atoms with Gasteiger partial charge in [-0.3, -0.25) is 9.59 Å². The van der Waals surface area contributed by atoms with Gasteiger partial charge >= 0.3 is 0 Å². The molecule has 2 atom stereocenters. The molecule has 1 rings (SSSR count). The largest absolute Gasteiger partial charge is 0.343 e. The molecule has 2 amide bonds. The van der Waals surface area contributed by atoms with Crippen LogP contribution in [0.5, 0.6) is 0 Å². The average Bonchev–Trinajstić information content (AvgIpc) is 2.31. The summed E-state index contributed by atoms with van der Waals surface area (Å²) in [7, 11) is 0. The number of carbonyl (C=O) groups excluding carboxylic acids is 2. The lowest BCUT2D eigenvalue weighted by Gasteiger charge is -2.37. The topological polar surface area (TPSA) is 49.4 Å². The van der Waals surface area contributed by atoms with E-state index < -0.39 is 0 Å². The van der Waals surface area contributed by atoms with E-state index in [0.29, 0.717) is 19.4 Å².